The van der Waals surface area contributed by atoms with Crippen LogP contribution in [0.4, 0.5) is 4.39 Å². The lowest BCUT2D eigenvalue weighted by Crippen LogP contribution is -2.24. The molecule has 3 aromatic rings. The Morgan fingerprint density at radius 3 is 2.90 bits per heavy atom. The van der Waals surface area contributed by atoms with Gasteiger partial charge >= 0.3 is 0 Å². The van der Waals surface area contributed by atoms with Crippen LogP contribution in [-0.2, 0) is 6.54 Å². The Hall–Kier alpha value is -2.60. The van der Waals surface area contributed by atoms with Crippen LogP contribution in [0.2, 0.25) is 0 Å². The number of hydrogen-bond acceptors (Lipinski definition) is 4. The molecule has 106 valence electrons. The molecule has 1 aromatic carbocycles. The molecule has 0 saturated carbocycles. The van der Waals surface area contributed by atoms with Crippen molar-refractivity contribution in [2.75, 3.05) is 0 Å². The van der Waals surface area contributed by atoms with Crippen molar-refractivity contribution in [3.63, 3.8) is 0 Å². The Morgan fingerprint density at radius 2 is 2.10 bits per heavy atom. The van der Waals surface area contributed by atoms with Gasteiger partial charge in [0, 0.05) is 6.20 Å². The average Bonchev–Trinajstić information content (AvgIpc) is 2.50. The molecule has 1 atom stereocenters. The Kier molecular flexibility index (Phi) is 3.45. The van der Waals surface area contributed by atoms with Gasteiger partial charge in [-0.2, -0.15) is 0 Å². The van der Waals surface area contributed by atoms with Crippen LogP contribution in [-0.4, -0.2) is 19.6 Å². The fourth-order valence-corrected chi connectivity index (χ4v) is 2.13. The zero-order chi connectivity index (χ0) is 14.8. The molecule has 2 aromatic heterocycles. The Bertz CT molecular complexity index is 847. The van der Waals surface area contributed by atoms with Crippen LogP contribution in [0.25, 0.3) is 11.0 Å². The first-order valence-electron chi connectivity index (χ1n) is 6.39. The molecule has 2 heterocycles. The van der Waals surface area contributed by atoms with Crippen LogP contribution in [0.1, 0.15) is 11.7 Å². The van der Waals surface area contributed by atoms with Crippen LogP contribution >= 0.6 is 0 Å². The molecular formula is C15H12FN3O2. The molecule has 6 heteroatoms. The molecule has 0 fully saturated rings. The normalized spacial score (nSPS) is 12.5. The zero-order valence-corrected chi connectivity index (χ0v) is 11.0. The number of aliphatic hydroxyl groups excluding tert-OH is 1. The molecule has 0 spiro atoms. The quantitative estimate of drug-likeness (QED) is 0.794. The van der Waals surface area contributed by atoms with E-state index in [1.807, 2.05) is 0 Å². The summed E-state index contributed by atoms with van der Waals surface area (Å²) in [7, 11) is 0. The van der Waals surface area contributed by atoms with Crippen molar-refractivity contribution in [3.8, 4) is 0 Å². The molecule has 0 aliphatic heterocycles. The highest BCUT2D eigenvalue weighted by Crippen LogP contribution is 2.15. The number of nitrogens with zero attached hydrogens (tertiary/aromatic N) is 3. The standard InChI is InChI=1S/C15H12FN3O2/c16-11-4-1-3-10(7-11)13(20)8-19-9-18-14-12(15(19)21)5-2-6-17-14/h1-7,9,13,20H,8H2. The number of benzene rings is 1. The minimum Gasteiger partial charge on any atom is -0.387 e. The van der Waals surface area contributed by atoms with Gasteiger partial charge in [0.25, 0.3) is 5.56 Å². The second-order valence-corrected chi connectivity index (χ2v) is 4.65. The van der Waals surface area contributed by atoms with Gasteiger partial charge in [-0.3, -0.25) is 9.36 Å². The highest BCUT2D eigenvalue weighted by molar-refractivity contribution is 5.72. The molecule has 0 bridgehead atoms. The number of rotatable bonds is 3. The van der Waals surface area contributed by atoms with Crippen molar-refractivity contribution in [1.29, 1.82) is 0 Å². The molecule has 5 nitrogen and oxygen atoms in total. The number of pyridine rings is 1. The van der Waals surface area contributed by atoms with Gasteiger partial charge < -0.3 is 5.11 Å². The van der Waals surface area contributed by atoms with Gasteiger partial charge in [-0.25, -0.2) is 14.4 Å². The van der Waals surface area contributed by atoms with Gasteiger partial charge in [0.1, 0.15) is 12.1 Å². The van der Waals surface area contributed by atoms with Crippen molar-refractivity contribution in [2.45, 2.75) is 12.6 Å². The summed E-state index contributed by atoms with van der Waals surface area (Å²) in [5, 5.41) is 10.5. The van der Waals surface area contributed by atoms with Crippen molar-refractivity contribution in [3.05, 3.63) is 70.7 Å². The lowest BCUT2D eigenvalue weighted by Gasteiger charge is -2.13. The maximum atomic E-state index is 13.2. The molecule has 3 rings (SSSR count). The first kappa shape index (κ1) is 13.4. The Labute approximate surface area is 119 Å². The fraction of sp³-hybridized carbons (Fsp3) is 0.133. The van der Waals surface area contributed by atoms with E-state index >= 15 is 0 Å². The second-order valence-electron chi connectivity index (χ2n) is 4.65. The van der Waals surface area contributed by atoms with Crippen LogP contribution in [0.5, 0.6) is 0 Å². The minimum absolute atomic E-state index is 0.000120. The summed E-state index contributed by atoms with van der Waals surface area (Å²) in [5.74, 6) is -0.431. The fourth-order valence-electron chi connectivity index (χ4n) is 2.13. The molecule has 0 amide bonds. The summed E-state index contributed by atoms with van der Waals surface area (Å²) in [6.45, 7) is 0.000120. The topological polar surface area (TPSA) is 68.0 Å². The zero-order valence-electron chi connectivity index (χ0n) is 11.0. The number of fused-ring (bicyclic) bond motifs is 1. The summed E-state index contributed by atoms with van der Waals surface area (Å²) in [5.41, 5.74) is 0.482. The second kappa shape index (κ2) is 5.41. The molecule has 1 N–H and O–H groups in total. The van der Waals surface area contributed by atoms with Crippen molar-refractivity contribution in [1.82, 2.24) is 14.5 Å². The number of aliphatic hydroxyl groups is 1. The third kappa shape index (κ3) is 2.66. The molecule has 0 aliphatic rings. The molecule has 0 aliphatic carbocycles. The predicted molar refractivity (Wildman–Crippen MR) is 75.2 cm³/mol. The molecule has 21 heavy (non-hydrogen) atoms. The molecular weight excluding hydrogens is 273 g/mol. The van der Waals surface area contributed by atoms with Gasteiger partial charge in [0.15, 0.2) is 5.65 Å². The summed E-state index contributed by atoms with van der Waals surface area (Å²) in [6, 6.07) is 8.94. The van der Waals surface area contributed by atoms with Gasteiger partial charge in [0.2, 0.25) is 0 Å². The van der Waals surface area contributed by atoms with Crippen LogP contribution in [0, 0.1) is 5.82 Å². The highest BCUT2D eigenvalue weighted by Gasteiger charge is 2.12. The van der Waals surface area contributed by atoms with E-state index in [2.05, 4.69) is 9.97 Å². The van der Waals surface area contributed by atoms with Crippen molar-refractivity contribution >= 4 is 11.0 Å². The number of hydrogen-bond donors (Lipinski definition) is 1. The number of aromatic nitrogens is 3. The third-order valence-corrected chi connectivity index (χ3v) is 3.20. The first-order valence-corrected chi connectivity index (χ1v) is 6.39. The van der Waals surface area contributed by atoms with Gasteiger partial charge in [-0.1, -0.05) is 12.1 Å². The van der Waals surface area contributed by atoms with Crippen molar-refractivity contribution < 1.29 is 9.50 Å². The summed E-state index contributed by atoms with van der Waals surface area (Å²) >= 11 is 0. The smallest absolute Gasteiger partial charge is 0.262 e. The van der Waals surface area contributed by atoms with Crippen LogP contribution < -0.4 is 5.56 Å². The van der Waals surface area contributed by atoms with Crippen molar-refractivity contribution in [2.24, 2.45) is 0 Å². The first-order chi connectivity index (χ1) is 10.1. The van der Waals surface area contributed by atoms with Crippen LogP contribution in [0.15, 0.2) is 53.7 Å². The van der Waals surface area contributed by atoms with Gasteiger partial charge in [0.05, 0.1) is 18.0 Å². The lowest BCUT2D eigenvalue weighted by atomic mass is 10.1. The van der Waals surface area contributed by atoms with E-state index in [1.165, 1.54) is 29.1 Å². The average molecular weight is 285 g/mol. The summed E-state index contributed by atoms with van der Waals surface area (Å²) in [4.78, 5) is 20.3. The molecule has 0 radical (unpaired) electrons. The van der Waals surface area contributed by atoms with E-state index in [0.29, 0.717) is 16.6 Å². The number of halogens is 1. The van der Waals surface area contributed by atoms with E-state index < -0.39 is 11.9 Å². The monoisotopic (exact) mass is 285 g/mol. The highest BCUT2D eigenvalue weighted by atomic mass is 19.1. The maximum absolute atomic E-state index is 13.2. The van der Waals surface area contributed by atoms with Gasteiger partial charge in [-0.15, -0.1) is 0 Å². The Balaban J connectivity index is 1.95. The molecule has 1 unspecified atom stereocenters. The minimum atomic E-state index is -0.991. The van der Waals surface area contributed by atoms with Gasteiger partial charge in [-0.05, 0) is 29.8 Å². The van der Waals surface area contributed by atoms with E-state index in [-0.39, 0.29) is 12.1 Å². The molecule has 0 saturated heterocycles. The lowest BCUT2D eigenvalue weighted by molar-refractivity contribution is 0.154. The van der Waals surface area contributed by atoms with E-state index in [4.69, 9.17) is 0 Å². The SMILES string of the molecule is O=c1c2cccnc2ncn1CC(O)c1cccc(F)c1. The third-order valence-electron chi connectivity index (χ3n) is 3.20. The van der Waals surface area contributed by atoms with E-state index in [9.17, 15) is 14.3 Å². The summed E-state index contributed by atoms with van der Waals surface area (Å²) in [6.07, 6.45) is 1.90. The Morgan fingerprint density at radius 1 is 1.24 bits per heavy atom. The predicted octanol–water partition coefficient (Wildman–Crippen LogP) is 1.66. The van der Waals surface area contributed by atoms with E-state index in [0.717, 1.165) is 0 Å². The maximum Gasteiger partial charge on any atom is 0.262 e. The largest absolute Gasteiger partial charge is 0.387 e. The van der Waals surface area contributed by atoms with Crippen LogP contribution in [0.3, 0.4) is 0 Å². The summed E-state index contributed by atoms with van der Waals surface area (Å²) < 4.78 is 14.4. The van der Waals surface area contributed by atoms with E-state index in [1.54, 1.807) is 24.4 Å².